The van der Waals surface area contributed by atoms with Crippen LogP contribution in [0.25, 0.3) is 10.2 Å². The van der Waals surface area contributed by atoms with Crippen molar-refractivity contribution in [2.75, 3.05) is 17.7 Å². The number of aryl methyl sites for hydroxylation is 1. The Bertz CT molecular complexity index is 484. The summed E-state index contributed by atoms with van der Waals surface area (Å²) in [5, 5.41) is 5.50. The van der Waals surface area contributed by atoms with Crippen LogP contribution in [0.4, 0.5) is 5.82 Å². The number of unbranched alkanes of at least 4 members (excludes halogenated alkanes) is 2. The maximum Gasteiger partial charge on any atom is 0.147 e. The number of alkyl halides is 1. The van der Waals surface area contributed by atoms with E-state index in [-0.39, 0.29) is 0 Å². The lowest BCUT2D eigenvalue weighted by molar-refractivity contribution is 0.746. The van der Waals surface area contributed by atoms with Gasteiger partial charge in [-0.1, -0.05) is 6.42 Å². The quantitative estimate of drug-likeness (QED) is 0.640. The molecule has 2 heterocycles. The van der Waals surface area contributed by atoms with E-state index in [0.717, 1.165) is 47.7 Å². The average molecular weight is 270 g/mol. The van der Waals surface area contributed by atoms with Gasteiger partial charge in [-0.3, -0.25) is 0 Å². The molecule has 0 saturated heterocycles. The van der Waals surface area contributed by atoms with Gasteiger partial charge in [0, 0.05) is 12.4 Å². The van der Waals surface area contributed by atoms with Gasteiger partial charge in [0.2, 0.25) is 0 Å². The number of anilines is 1. The van der Waals surface area contributed by atoms with Crippen molar-refractivity contribution in [2.45, 2.75) is 26.2 Å². The van der Waals surface area contributed by atoms with E-state index in [0.29, 0.717) is 0 Å². The second-order valence-corrected chi connectivity index (χ2v) is 5.25. The van der Waals surface area contributed by atoms with Crippen LogP contribution in [0, 0.1) is 6.92 Å². The summed E-state index contributed by atoms with van der Waals surface area (Å²) in [6, 6.07) is 0. The van der Waals surface area contributed by atoms with Crippen molar-refractivity contribution in [2.24, 2.45) is 0 Å². The van der Waals surface area contributed by atoms with Gasteiger partial charge in [0.1, 0.15) is 12.1 Å². The zero-order valence-corrected chi connectivity index (χ0v) is 11.4. The third-order valence-electron chi connectivity index (χ3n) is 2.63. The van der Waals surface area contributed by atoms with Crippen LogP contribution in [0.2, 0.25) is 0 Å². The number of thiophene rings is 1. The fourth-order valence-electron chi connectivity index (χ4n) is 1.70. The summed E-state index contributed by atoms with van der Waals surface area (Å²) in [6.45, 7) is 3.02. The summed E-state index contributed by atoms with van der Waals surface area (Å²) in [6.07, 6.45) is 5.00. The molecule has 0 aliphatic heterocycles. The zero-order valence-electron chi connectivity index (χ0n) is 9.87. The first kappa shape index (κ1) is 12.6. The molecular formula is C12H16ClN3S. The molecule has 3 nitrogen and oxygen atoms in total. The van der Waals surface area contributed by atoms with E-state index in [9.17, 15) is 0 Å². The highest BCUT2D eigenvalue weighted by Gasteiger charge is 2.06. The summed E-state index contributed by atoms with van der Waals surface area (Å²) in [5.41, 5.74) is 2.28. The first-order valence-electron chi connectivity index (χ1n) is 5.81. The lowest BCUT2D eigenvalue weighted by atomic mass is 10.2. The van der Waals surface area contributed by atoms with E-state index < -0.39 is 0 Å². The molecule has 0 fully saturated rings. The number of rotatable bonds is 6. The van der Waals surface area contributed by atoms with E-state index in [2.05, 4.69) is 27.6 Å². The zero-order chi connectivity index (χ0) is 12.1. The molecule has 0 spiro atoms. The molecular weight excluding hydrogens is 254 g/mol. The van der Waals surface area contributed by atoms with E-state index in [4.69, 9.17) is 11.6 Å². The van der Waals surface area contributed by atoms with Crippen molar-refractivity contribution in [1.82, 2.24) is 9.97 Å². The fraction of sp³-hybridized carbons (Fsp3) is 0.500. The Kier molecular flexibility index (Phi) is 4.57. The van der Waals surface area contributed by atoms with E-state index in [1.807, 2.05) is 0 Å². The number of hydrogen-bond donors (Lipinski definition) is 1. The number of nitrogens with one attached hydrogen (secondary N) is 1. The second kappa shape index (κ2) is 6.17. The SMILES string of the molecule is Cc1csc2c(NCCCCCCl)ncnc12. The standard InChI is InChI=1S/C12H16ClN3S/c1-9-7-17-11-10(9)15-8-16-12(11)14-6-4-2-3-5-13/h7-8H,2-6H2,1H3,(H,14,15,16). The smallest absolute Gasteiger partial charge is 0.147 e. The molecule has 92 valence electrons. The molecule has 2 rings (SSSR count). The molecule has 0 aliphatic rings. The van der Waals surface area contributed by atoms with Crippen LogP contribution in [-0.4, -0.2) is 22.4 Å². The number of aromatic nitrogens is 2. The normalized spacial score (nSPS) is 10.9. The molecule has 2 aromatic rings. The van der Waals surface area contributed by atoms with Crippen molar-refractivity contribution in [3.63, 3.8) is 0 Å². The highest BCUT2D eigenvalue weighted by Crippen LogP contribution is 2.28. The van der Waals surface area contributed by atoms with Gasteiger partial charge in [0.25, 0.3) is 0 Å². The molecule has 1 N–H and O–H groups in total. The predicted molar refractivity (Wildman–Crippen MR) is 75.2 cm³/mol. The molecule has 5 heteroatoms. The van der Waals surface area contributed by atoms with Gasteiger partial charge < -0.3 is 5.32 Å². The lowest BCUT2D eigenvalue weighted by Gasteiger charge is -2.05. The molecule has 0 saturated carbocycles. The van der Waals surface area contributed by atoms with Gasteiger partial charge in [0.05, 0.1) is 10.2 Å². The molecule has 0 aliphatic carbocycles. The number of fused-ring (bicyclic) bond motifs is 1. The lowest BCUT2D eigenvalue weighted by Crippen LogP contribution is -2.03. The van der Waals surface area contributed by atoms with E-state index in [1.54, 1.807) is 17.7 Å². The van der Waals surface area contributed by atoms with Crippen LogP contribution in [0.5, 0.6) is 0 Å². The Morgan fingerprint density at radius 3 is 3.00 bits per heavy atom. The highest BCUT2D eigenvalue weighted by molar-refractivity contribution is 7.18. The molecule has 0 amide bonds. The number of hydrogen-bond acceptors (Lipinski definition) is 4. The topological polar surface area (TPSA) is 37.8 Å². The molecule has 0 bridgehead atoms. The fourth-order valence-corrected chi connectivity index (χ4v) is 2.86. The summed E-state index contributed by atoms with van der Waals surface area (Å²) >= 11 is 7.34. The highest BCUT2D eigenvalue weighted by atomic mass is 35.5. The first-order valence-corrected chi connectivity index (χ1v) is 7.23. The van der Waals surface area contributed by atoms with Gasteiger partial charge in [-0.2, -0.15) is 0 Å². The summed E-state index contributed by atoms with van der Waals surface area (Å²) in [5.74, 6) is 1.71. The van der Waals surface area contributed by atoms with Crippen LogP contribution in [0.15, 0.2) is 11.7 Å². The largest absolute Gasteiger partial charge is 0.369 e. The Morgan fingerprint density at radius 1 is 1.29 bits per heavy atom. The second-order valence-electron chi connectivity index (χ2n) is 4.00. The summed E-state index contributed by atoms with van der Waals surface area (Å²) < 4.78 is 1.15. The molecule has 2 aromatic heterocycles. The minimum Gasteiger partial charge on any atom is -0.369 e. The van der Waals surface area contributed by atoms with Gasteiger partial charge in [-0.15, -0.1) is 22.9 Å². The van der Waals surface area contributed by atoms with Crippen LogP contribution in [-0.2, 0) is 0 Å². The number of halogens is 1. The van der Waals surface area contributed by atoms with E-state index >= 15 is 0 Å². The molecule has 0 radical (unpaired) electrons. The maximum atomic E-state index is 5.64. The van der Waals surface area contributed by atoms with Gasteiger partial charge in [-0.05, 0) is 30.7 Å². The van der Waals surface area contributed by atoms with Gasteiger partial charge in [0.15, 0.2) is 0 Å². The van der Waals surface area contributed by atoms with Crippen LogP contribution < -0.4 is 5.32 Å². The van der Waals surface area contributed by atoms with Crippen LogP contribution in [0.1, 0.15) is 24.8 Å². The molecule has 0 unspecified atom stereocenters. The van der Waals surface area contributed by atoms with E-state index in [1.165, 1.54) is 5.56 Å². The Balaban J connectivity index is 1.99. The molecule has 17 heavy (non-hydrogen) atoms. The third-order valence-corrected chi connectivity index (χ3v) is 3.99. The van der Waals surface area contributed by atoms with Crippen molar-refractivity contribution >= 4 is 39.0 Å². The first-order chi connectivity index (χ1) is 8.33. The third kappa shape index (κ3) is 3.07. The summed E-state index contributed by atoms with van der Waals surface area (Å²) in [7, 11) is 0. The Hall–Kier alpha value is -0.870. The van der Waals surface area contributed by atoms with Gasteiger partial charge >= 0.3 is 0 Å². The average Bonchev–Trinajstić information content (AvgIpc) is 2.72. The maximum absolute atomic E-state index is 5.64. The monoisotopic (exact) mass is 269 g/mol. The predicted octanol–water partition coefficient (Wildman–Crippen LogP) is 3.82. The number of nitrogens with zero attached hydrogens (tertiary/aromatic N) is 2. The van der Waals surface area contributed by atoms with Crippen molar-refractivity contribution in [3.05, 3.63) is 17.3 Å². The van der Waals surface area contributed by atoms with Crippen LogP contribution >= 0.6 is 22.9 Å². The minimum atomic E-state index is 0.752. The molecule has 0 atom stereocenters. The van der Waals surface area contributed by atoms with Crippen molar-refractivity contribution in [3.8, 4) is 0 Å². The Morgan fingerprint density at radius 2 is 2.18 bits per heavy atom. The van der Waals surface area contributed by atoms with Crippen LogP contribution in [0.3, 0.4) is 0 Å². The summed E-state index contributed by atoms with van der Waals surface area (Å²) in [4.78, 5) is 8.60. The minimum absolute atomic E-state index is 0.752. The van der Waals surface area contributed by atoms with Crippen molar-refractivity contribution in [1.29, 1.82) is 0 Å². The van der Waals surface area contributed by atoms with Crippen molar-refractivity contribution < 1.29 is 0 Å². The van der Waals surface area contributed by atoms with Gasteiger partial charge in [-0.25, -0.2) is 9.97 Å². The molecule has 0 aromatic carbocycles. The Labute approximate surface area is 110 Å².